The van der Waals surface area contributed by atoms with Crippen molar-refractivity contribution >= 4 is 5.91 Å². The molecule has 1 fully saturated rings. The van der Waals surface area contributed by atoms with Crippen LogP contribution in [0.25, 0.3) is 0 Å². The molecule has 0 aromatic heterocycles. The lowest BCUT2D eigenvalue weighted by Gasteiger charge is -2.32. The van der Waals surface area contributed by atoms with E-state index in [4.69, 9.17) is 9.47 Å². The second-order valence-electron chi connectivity index (χ2n) is 5.69. The number of piperazine rings is 1. The molecule has 0 spiro atoms. The van der Waals surface area contributed by atoms with E-state index in [0.29, 0.717) is 19.6 Å². The van der Waals surface area contributed by atoms with Gasteiger partial charge >= 0.3 is 0 Å². The van der Waals surface area contributed by atoms with Crippen LogP contribution in [0.15, 0.2) is 18.2 Å². The Labute approximate surface area is 125 Å². The molecule has 0 bridgehead atoms. The van der Waals surface area contributed by atoms with E-state index >= 15 is 0 Å². The van der Waals surface area contributed by atoms with Crippen molar-refractivity contribution in [3.63, 3.8) is 0 Å². The van der Waals surface area contributed by atoms with Crippen molar-refractivity contribution in [1.29, 1.82) is 0 Å². The maximum Gasteiger partial charge on any atom is 0.227 e. The molecule has 1 saturated heterocycles. The topological polar surface area (TPSA) is 42.0 Å². The molecule has 0 N–H and O–H groups in total. The summed E-state index contributed by atoms with van der Waals surface area (Å²) < 4.78 is 11.3. The molecule has 1 aromatic rings. The van der Waals surface area contributed by atoms with Crippen molar-refractivity contribution < 1.29 is 14.3 Å². The minimum atomic E-state index is 0.192. The molecule has 2 heterocycles. The second kappa shape index (κ2) is 6.35. The number of carbonyl (C=O) groups is 1. The Morgan fingerprint density at radius 2 is 1.81 bits per heavy atom. The van der Waals surface area contributed by atoms with Crippen LogP contribution in [0.5, 0.6) is 11.5 Å². The summed E-state index contributed by atoms with van der Waals surface area (Å²) >= 11 is 0. The van der Waals surface area contributed by atoms with Gasteiger partial charge in [0, 0.05) is 32.6 Å². The summed E-state index contributed by atoms with van der Waals surface area (Å²) in [6.07, 6.45) is 1.32. The quantitative estimate of drug-likeness (QED) is 0.820. The highest BCUT2D eigenvalue weighted by Gasteiger charge is 2.20. The maximum atomic E-state index is 12.3. The fourth-order valence-corrected chi connectivity index (χ4v) is 2.66. The van der Waals surface area contributed by atoms with E-state index in [1.807, 2.05) is 23.1 Å². The fourth-order valence-electron chi connectivity index (χ4n) is 2.66. The van der Waals surface area contributed by atoms with Crippen LogP contribution >= 0.6 is 0 Å². The van der Waals surface area contributed by atoms with E-state index in [1.165, 1.54) is 0 Å². The summed E-state index contributed by atoms with van der Waals surface area (Å²) in [5.41, 5.74) is 0.989. The van der Waals surface area contributed by atoms with Crippen LogP contribution in [-0.4, -0.2) is 62.1 Å². The average Bonchev–Trinajstić information content (AvgIpc) is 2.72. The monoisotopic (exact) mass is 290 g/mol. The zero-order valence-electron chi connectivity index (χ0n) is 12.5. The highest BCUT2D eigenvalue weighted by molar-refractivity contribution is 5.79. The van der Waals surface area contributed by atoms with Crippen LogP contribution in [0.1, 0.15) is 12.0 Å². The predicted octanol–water partition coefficient (Wildman–Crippen LogP) is 1.16. The van der Waals surface area contributed by atoms with E-state index in [0.717, 1.165) is 49.7 Å². The largest absolute Gasteiger partial charge is 0.490 e. The number of likely N-dealkylation sites (N-methyl/N-ethyl adjacent to an activating group) is 1. The summed E-state index contributed by atoms with van der Waals surface area (Å²) in [5, 5.41) is 0. The molecule has 0 atom stereocenters. The lowest BCUT2D eigenvalue weighted by molar-refractivity contribution is -0.132. The maximum absolute atomic E-state index is 12.3. The number of hydrogen-bond donors (Lipinski definition) is 0. The number of fused-ring (bicyclic) bond motifs is 1. The van der Waals surface area contributed by atoms with Gasteiger partial charge in [0.25, 0.3) is 0 Å². The third-order valence-electron chi connectivity index (χ3n) is 4.02. The Hall–Kier alpha value is -1.75. The van der Waals surface area contributed by atoms with Gasteiger partial charge in [-0.1, -0.05) is 6.07 Å². The van der Waals surface area contributed by atoms with Gasteiger partial charge in [0.05, 0.1) is 19.6 Å². The number of nitrogens with zero attached hydrogens (tertiary/aromatic N) is 2. The molecule has 3 rings (SSSR count). The van der Waals surface area contributed by atoms with Crippen LogP contribution in [-0.2, 0) is 11.2 Å². The Kier molecular flexibility index (Phi) is 4.29. The van der Waals surface area contributed by atoms with Gasteiger partial charge in [-0.25, -0.2) is 0 Å². The molecule has 114 valence electrons. The van der Waals surface area contributed by atoms with Gasteiger partial charge in [-0.05, 0) is 24.7 Å². The van der Waals surface area contributed by atoms with Crippen molar-refractivity contribution in [2.24, 2.45) is 0 Å². The number of rotatable bonds is 2. The van der Waals surface area contributed by atoms with Gasteiger partial charge in [0.2, 0.25) is 5.91 Å². The molecule has 1 amide bonds. The Balaban J connectivity index is 1.64. The number of benzene rings is 1. The molecular weight excluding hydrogens is 268 g/mol. The summed E-state index contributed by atoms with van der Waals surface area (Å²) in [4.78, 5) is 16.5. The van der Waals surface area contributed by atoms with E-state index in [1.54, 1.807) is 0 Å². The first-order valence-corrected chi connectivity index (χ1v) is 7.57. The molecule has 5 heteroatoms. The van der Waals surface area contributed by atoms with Crippen molar-refractivity contribution in [2.75, 3.05) is 46.4 Å². The smallest absolute Gasteiger partial charge is 0.227 e. The van der Waals surface area contributed by atoms with E-state index in [2.05, 4.69) is 11.9 Å². The summed E-state index contributed by atoms with van der Waals surface area (Å²) in [6, 6.07) is 5.81. The number of amides is 1. The Bertz CT molecular complexity index is 510. The molecule has 0 aliphatic carbocycles. The SMILES string of the molecule is CN1CCN(C(=O)Cc2ccc3c(c2)OCCCO3)CC1. The summed E-state index contributed by atoms with van der Waals surface area (Å²) in [6.45, 7) is 4.90. The molecule has 0 unspecified atom stereocenters. The first-order valence-electron chi connectivity index (χ1n) is 7.57. The fraction of sp³-hybridized carbons (Fsp3) is 0.562. The van der Waals surface area contributed by atoms with Crippen LogP contribution in [0.4, 0.5) is 0 Å². The standard InChI is InChI=1S/C16H22N2O3/c1-17-5-7-18(8-6-17)16(19)12-13-3-4-14-15(11-13)21-10-2-9-20-14/h3-4,11H,2,5-10,12H2,1H3. The number of carbonyl (C=O) groups excluding carboxylic acids is 1. The van der Waals surface area contributed by atoms with Crippen LogP contribution in [0, 0.1) is 0 Å². The molecule has 2 aliphatic heterocycles. The zero-order chi connectivity index (χ0) is 14.7. The van der Waals surface area contributed by atoms with Gasteiger partial charge in [-0.2, -0.15) is 0 Å². The van der Waals surface area contributed by atoms with Gasteiger partial charge in [-0.15, -0.1) is 0 Å². The van der Waals surface area contributed by atoms with Gasteiger partial charge in [-0.3, -0.25) is 4.79 Å². The molecule has 0 radical (unpaired) electrons. The third-order valence-corrected chi connectivity index (χ3v) is 4.02. The van der Waals surface area contributed by atoms with E-state index in [-0.39, 0.29) is 5.91 Å². The average molecular weight is 290 g/mol. The first-order chi connectivity index (χ1) is 10.2. The van der Waals surface area contributed by atoms with E-state index in [9.17, 15) is 4.79 Å². The molecular formula is C16H22N2O3. The van der Waals surface area contributed by atoms with Crippen molar-refractivity contribution in [3.05, 3.63) is 23.8 Å². The minimum absolute atomic E-state index is 0.192. The van der Waals surface area contributed by atoms with Crippen LogP contribution < -0.4 is 9.47 Å². The summed E-state index contributed by atoms with van der Waals surface area (Å²) in [5.74, 6) is 1.73. The molecule has 5 nitrogen and oxygen atoms in total. The van der Waals surface area contributed by atoms with Crippen molar-refractivity contribution in [1.82, 2.24) is 9.80 Å². The van der Waals surface area contributed by atoms with Crippen molar-refractivity contribution in [3.8, 4) is 11.5 Å². The van der Waals surface area contributed by atoms with Gasteiger partial charge in [0.15, 0.2) is 11.5 Å². The second-order valence-corrected chi connectivity index (χ2v) is 5.69. The number of hydrogen-bond acceptors (Lipinski definition) is 4. The van der Waals surface area contributed by atoms with Crippen molar-refractivity contribution in [2.45, 2.75) is 12.8 Å². The zero-order valence-corrected chi connectivity index (χ0v) is 12.5. The lowest BCUT2D eigenvalue weighted by atomic mass is 10.1. The van der Waals surface area contributed by atoms with E-state index < -0.39 is 0 Å². The molecule has 2 aliphatic rings. The van der Waals surface area contributed by atoms with Gasteiger partial charge < -0.3 is 19.3 Å². The van der Waals surface area contributed by atoms with Crippen LogP contribution in [0.3, 0.4) is 0 Å². The molecule has 21 heavy (non-hydrogen) atoms. The Morgan fingerprint density at radius 3 is 2.57 bits per heavy atom. The normalized spacial score (nSPS) is 19.2. The lowest BCUT2D eigenvalue weighted by Crippen LogP contribution is -2.47. The Morgan fingerprint density at radius 1 is 1.10 bits per heavy atom. The minimum Gasteiger partial charge on any atom is -0.490 e. The summed E-state index contributed by atoms with van der Waals surface area (Å²) in [7, 11) is 2.09. The van der Waals surface area contributed by atoms with Crippen LogP contribution in [0.2, 0.25) is 0 Å². The molecule has 0 saturated carbocycles. The predicted molar refractivity (Wildman–Crippen MR) is 79.8 cm³/mol. The first kappa shape index (κ1) is 14.2. The van der Waals surface area contributed by atoms with Gasteiger partial charge in [0.1, 0.15) is 0 Å². The highest BCUT2D eigenvalue weighted by atomic mass is 16.5. The molecule has 1 aromatic carbocycles. The number of ether oxygens (including phenoxy) is 2. The third kappa shape index (κ3) is 3.47. The highest BCUT2D eigenvalue weighted by Crippen LogP contribution is 2.30.